The molecule has 25 heavy (non-hydrogen) atoms. The summed E-state index contributed by atoms with van der Waals surface area (Å²) in [7, 11) is -1.90. The average molecular weight is 379 g/mol. The molecule has 138 valence electrons. The van der Waals surface area contributed by atoms with Crippen molar-refractivity contribution >= 4 is 31.3 Å². The van der Waals surface area contributed by atoms with Crippen molar-refractivity contribution in [2.45, 2.75) is 77.4 Å². The minimum atomic E-state index is -1.90. The van der Waals surface area contributed by atoms with Crippen LogP contribution >= 0.6 is 12.2 Å². The highest BCUT2D eigenvalue weighted by Crippen LogP contribution is 2.39. The SMILES string of the molecule is C[C@@H](O[Si](C)(C)C(C)(C)C)N1C(=O)CC1CCC(=S)c1ccccn1. The molecule has 0 aliphatic carbocycles. The smallest absolute Gasteiger partial charge is 0.226 e. The summed E-state index contributed by atoms with van der Waals surface area (Å²) in [5.74, 6) is 0.181. The van der Waals surface area contributed by atoms with Gasteiger partial charge in [-0.2, -0.15) is 0 Å². The number of carbonyl (C=O) groups is 1. The highest BCUT2D eigenvalue weighted by atomic mass is 32.1. The monoisotopic (exact) mass is 378 g/mol. The van der Waals surface area contributed by atoms with Gasteiger partial charge in [0.1, 0.15) is 6.23 Å². The number of carbonyl (C=O) groups excluding carboxylic acids is 1. The Labute approximate surface area is 158 Å². The molecule has 1 aromatic heterocycles. The highest BCUT2D eigenvalue weighted by Gasteiger charge is 2.44. The van der Waals surface area contributed by atoms with Gasteiger partial charge < -0.3 is 9.33 Å². The number of β-lactam (4-membered cyclic amide) rings is 1. The quantitative estimate of drug-likeness (QED) is 0.302. The maximum atomic E-state index is 12.1. The summed E-state index contributed by atoms with van der Waals surface area (Å²) in [6.45, 7) is 13.1. The van der Waals surface area contributed by atoms with Crippen molar-refractivity contribution in [2.75, 3.05) is 0 Å². The van der Waals surface area contributed by atoms with Gasteiger partial charge in [-0.3, -0.25) is 9.78 Å². The van der Waals surface area contributed by atoms with Crippen molar-refractivity contribution in [1.82, 2.24) is 9.88 Å². The minimum Gasteiger partial charge on any atom is -0.397 e. The molecule has 0 aromatic carbocycles. The van der Waals surface area contributed by atoms with Gasteiger partial charge >= 0.3 is 0 Å². The number of nitrogens with zero attached hydrogens (tertiary/aromatic N) is 2. The van der Waals surface area contributed by atoms with Crippen LogP contribution in [0.5, 0.6) is 0 Å². The lowest BCUT2D eigenvalue weighted by molar-refractivity contribution is -0.159. The van der Waals surface area contributed by atoms with E-state index in [1.165, 1.54) is 0 Å². The van der Waals surface area contributed by atoms with E-state index in [1.54, 1.807) is 6.20 Å². The normalized spacial score (nSPS) is 19.5. The van der Waals surface area contributed by atoms with E-state index in [4.69, 9.17) is 16.6 Å². The zero-order valence-corrected chi connectivity index (χ0v) is 18.0. The molecule has 1 fully saturated rings. The predicted molar refractivity (Wildman–Crippen MR) is 108 cm³/mol. The Morgan fingerprint density at radius 3 is 2.64 bits per heavy atom. The van der Waals surface area contributed by atoms with Crippen LogP contribution in [0.25, 0.3) is 0 Å². The maximum Gasteiger partial charge on any atom is 0.226 e. The molecule has 1 saturated heterocycles. The Hall–Kier alpha value is -1.11. The molecule has 4 nitrogen and oxygen atoms in total. The first-order valence-electron chi connectivity index (χ1n) is 8.96. The molecule has 0 N–H and O–H groups in total. The highest BCUT2D eigenvalue weighted by molar-refractivity contribution is 7.80. The molecule has 1 aliphatic rings. The molecule has 1 unspecified atom stereocenters. The van der Waals surface area contributed by atoms with Crippen LogP contribution in [-0.4, -0.2) is 41.2 Å². The third-order valence-corrected chi connectivity index (χ3v) is 10.4. The number of amides is 1. The fraction of sp³-hybridized carbons (Fsp3) is 0.632. The molecule has 0 saturated carbocycles. The number of hydrogen-bond acceptors (Lipinski definition) is 4. The molecular formula is C19H30N2O2SSi. The molecule has 1 aliphatic heterocycles. The van der Waals surface area contributed by atoms with Gasteiger partial charge in [0.25, 0.3) is 0 Å². The number of pyridine rings is 1. The van der Waals surface area contributed by atoms with E-state index >= 15 is 0 Å². The van der Waals surface area contributed by atoms with E-state index < -0.39 is 8.32 Å². The first kappa shape index (κ1) is 20.2. The largest absolute Gasteiger partial charge is 0.397 e. The molecule has 1 amide bonds. The van der Waals surface area contributed by atoms with Crippen molar-refractivity contribution in [3.8, 4) is 0 Å². The van der Waals surface area contributed by atoms with Crippen molar-refractivity contribution in [3.63, 3.8) is 0 Å². The summed E-state index contributed by atoms with van der Waals surface area (Å²) < 4.78 is 6.40. The van der Waals surface area contributed by atoms with Crippen LogP contribution < -0.4 is 0 Å². The molecular weight excluding hydrogens is 348 g/mol. The molecule has 1 aromatic rings. The summed E-state index contributed by atoms with van der Waals surface area (Å²) in [6, 6.07) is 5.99. The first-order valence-corrected chi connectivity index (χ1v) is 12.3. The van der Waals surface area contributed by atoms with Gasteiger partial charge in [0.05, 0.1) is 5.69 Å². The second-order valence-electron chi connectivity index (χ2n) is 8.31. The molecule has 2 rings (SSSR count). The van der Waals surface area contributed by atoms with E-state index in [9.17, 15) is 4.79 Å². The summed E-state index contributed by atoms with van der Waals surface area (Å²) in [5.41, 5.74) is 0.861. The summed E-state index contributed by atoms with van der Waals surface area (Å²) >= 11 is 5.49. The Morgan fingerprint density at radius 2 is 2.12 bits per heavy atom. The van der Waals surface area contributed by atoms with E-state index in [1.807, 2.05) is 30.0 Å². The Kier molecular flexibility index (Phi) is 6.17. The van der Waals surface area contributed by atoms with E-state index in [0.717, 1.165) is 23.4 Å². The zero-order valence-electron chi connectivity index (χ0n) is 16.2. The van der Waals surface area contributed by atoms with Gasteiger partial charge in [-0.25, -0.2) is 0 Å². The maximum absolute atomic E-state index is 12.1. The molecule has 0 spiro atoms. The fourth-order valence-corrected chi connectivity index (χ4v) is 4.41. The number of likely N-dealkylation sites (tertiary alicyclic amines) is 1. The van der Waals surface area contributed by atoms with E-state index in [-0.39, 0.29) is 23.2 Å². The van der Waals surface area contributed by atoms with Crippen LogP contribution in [-0.2, 0) is 9.22 Å². The van der Waals surface area contributed by atoms with E-state index in [0.29, 0.717) is 6.42 Å². The van der Waals surface area contributed by atoms with Gasteiger partial charge in [0.15, 0.2) is 8.32 Å². The van der Waals surface area contributed by atoms with Crippen LogP contribution in [0.2, 0.25) is 18.1 Å². The van der Waals surface area contributed by atoms with Crippen LogP contribution in [0.1, 0.15) is 52.7 Å². The number of aromatic nitrogens is 1. The van der Waals surface area contributed by atoms with Crippen LogP contribution in [0.4, 0.5) is 0 Å². The Morgan fingerprint density at radius 1 is 1.44 bits per heavy atom. The van der Waals surface area contributed by atoms with Crippen LogP contribution in [0, 0.1) is 0 Å². The predicted octanol–water partition coefficient (Wildman–Crippen LogP) is 4.55. The van der Waals surface area contributed by atoms with Gasteiger partial charge in [0.2, 0.25) is 5.91 Å². The van der Waals surface area contributed by atoms with Gasteiger partial charge in [0, 0.05) is 23.5 Å². The van der Waals surface area contributed by atoms with E-state index in [2.05, 4.69) is 38.8 Å². The second kappa shape index (κ2) is 7.64. The lowest BCUT2D eigenvalue weighted by atomic mass is 9.95. The standard InChI is InChI=1S/C19H30N2O2SSi/c1-14(23-25(5,6)19(2,3)4)21-15(13-18(21)22)10-11-17(24)16-9-7-8-12-20-16/h7-9,12,14-15H,10-11,13H2,1-6H3/t14-,15?/m1/s1. The molecule has 0 bridgehead atoms. The number of hydrogen-bond donors (Lipinski definition) is 0. The van der Waals surface area contributed by atoms with Crippen molar-refractivity contribution in [1.29, 1.82) is 0 Å². The fourth-order valence-electron chi connectivity index (χ4n) is 2.85. The third kappa shape index (κ3) is 4.74. The van der Waals surface area contributed by atoms with Crippen LogP contribution in [0.15, 0.2) is 24.4 Å². The lowest BCUT2D eigenvalue weighted by Crippen LogP contribution is -2.60. The van der Waals surface area contributed by atoms with Crippen molar-refractivity contribution in [2.24, 2.45) is 0 Å². The molecule has 0 radical (unpaired) electrons. The minimum absolute atomic E-state index is 0.130. The number of rotatable bonds is 7. The molecule has 6 heteroatoms. The summed E-state index contributed by atoms with van der Waals surface area (Å²) in [4.78, 5) is 19.2. The van der Waals surface area contributed by atoms with Crippen LogP contribution in [0.3, 0.4) is 0 Å². The third-order valence-electron chi connectivity index (χ3n) is 5.41. The molecule has 2 atom stereocenters. The van der Waals surface area contributed by atoms with Gasteiger partial charge in [-0.1, -0.05) is 39.1 Å². The van der Waals surface area contributed by atoms with Gasteiger partial charge in [-0.15, -0.1) is 0 Å². The summed E-state index contributed by atoms with van der Waals surface area (Å²) in [5, 5.41) is 0.130. The van der Waals surface area contributed by atoms with Gasteiger partial charge in [-0.05, 0) is 50.0 Å². The second-order valence-corrected chi connectivity index (χ2v) is 13.6. The molecule has 2 heterocycles. The zero-order chi connectivity index (χ0) is 18.8. The lowest BCUT2D eigenvalue weighted by Gasteiger charge is -2.48. The summed E-state index contributed by atoms with van der Waals surface area (Å²) in [6.07, 6.45) is 3.82. The van der Waals surface area contributed by atoms with Crippen molar-refractivity contribution in [3.05, 3.63) is 30.1 Å². The first-order chi connectivity index (χ1) is 11.5. The average Bonchev–Trinajstić information content (AvgIpc) is 2.49. The van der Waals surface area contributed by atoms with Crippen molar-refractivity contribution < 1.29 is 9.22 Å². The topological polar surface area (TPSA) is 42.4 Å². The Bertz CT molecular complexity index is 628. The Balaban J connectivity index is 1.93. The number of thiocarbonyl (C=S) groups is 1.